The minimum Gasteiger partial charge on any atom is -0.492 e. The molecule has 2 aliphatic rings. The van der Waals surface area contributed by atoms with Crippen LogP contribution in [0, 0.1) is 10.1 Å². The monoisotopic (exact) mass is 278 g/mol. The minimum absolute atomic E-state index is 0.132. The summed E-state index contributed by atoms with van der Waals surface area (Å²) in [5.74, 6) is 0.247. The van der Waals surface area contributed by atoms with Crippen molar-refractivity contribution in [2.75, 3.05) is 13.1 Å². The van der Waals surface area contributed by atoms with Crippen molar-refractivity contribution < 1.29 is 22.8 Å². The van der Waals surface area contributed by atoms with Crippen LogP contribution >= 0.6 is 0 Å². The molecule has 1 aliphatic heterocycles. The van der Waals surface area contributed by atoms with E-state index in [1.54, 1.807) is 6.92 Å². The molecular formula is C11H13F3N2O3. The molecule has 2 atom stereocenters. The molecule has 0 aromatic rings. The topological polar surface area (TPSA) is 55.6 Å². The first-order valence-electron chi connectivity index (χ1n) is 5.80. The lowest BCUT2D eigenvalue weighted by Crippen LogP contribution is -2.51. The van der Waals surface area contributed by atoms with Crippen molar-refractivity contribution in [3.05, 3.63) is 33.7 Å². The van der Waals surface area contributed by atoms with Gasteiger partial charge in [-0.1, -0.05) is 0 Å². The smallest absolute Gasteiger partial charge is 0.401 e. The summed E-state index contributed by atoms with van der Waals surface area (Å²) >= 11 is 0. The van der Waals surface area contributed by atoms with E-state index in [4.69, 9.17) is 4.74 Å². The van der Waals surface area contributed by atoms with E-state index in [9.17, 15) is 23.3 Å². The van der Waals surface area contributed by atoms with Crippen molar-refractivity contribution in [1.29, 1.82) is 0 Å². The van der Waals surface area contributed by atoms with Gasteiger partial charge in [0.1, 0.15) is 11.9 Å². The maximum absolute atomic E-state index is 12.5. The minimum atomic E-state index is -4.30. The van der Waals surface area contributed by atoms with Gasteiger partial charge in [-0.05, 0) is 19.4 Å². The van der Waals surface area contributed by atoms with Gasteiger partial charge < -0.3 is 4.74 Å². The number of alkyl halides is 3. The largest absolute Gasteiger partial charge is 0.492 e. The number of fused-ring (bicyclic) bond motifs is 1. The van der Waals surface area contributed by atoms with Crippen LogP contribution in [0.3, 0.4) is 0 Å². The van der Waals surface area contributed by atoms with Gasteiger partial charge in [0.15, 0.2) is 0 Å². The molecule has 1 saturated heterocycles. The SMILES string of the molecule is CC1CN(CC(F)(F)F)C2CC=C([N+](=O)[O-])C=C2O1. The quantitative estimate of drug-likeness (QED) is 0.573. The first kappa shape index (κ1) is 13.9. The lowest BCUT2D eigenvalue weighted by atomic mass is 10.0. The van der Waals surface area contributed by atoms with Crippen LogP contribution in [0.4, 0.5) is 13.2 Å². The van der Waals surface area contributed by atoms with Crippen LogP contribution < -0.4 is 0 Å². The third-order valence-electron chi connectivity index (χ3n) is 3.03. The Balaban J connectivity index is 2.19. The van der Waals surface area contributed by atoms with Crippen LogP contribution in [-0.4, -0.2) is 41.2 Å². The highest BCUT2D eigenvalue weighted by Gasteiger charge is 2.40. The van der Waals surface area contributed by atoms with E-state index in [0.29, 0.717) is 0 Å². The Morgan fingerprint density at radius 3 is 2.84 bits per heavy atom. The second-order valence-corrected chi connectivity index (χ2v) is 4.66. The van der Waals surface area contributed by atoms with Gasteiger partial charge in [-0.3, -0.25) is 15.0 Å². The van der Waals surface area contributed by atoms with Crippen molar-refractivity contribution in [1.82, 2.24) is 4.90 Å². The number of morpholine rings is 1. The second kappa shape index (κ2) is 4.84. The molecule has 2 rings (SSSR count). The number of ether oxygens (including phenoxy) is 1. The molecule has 0 spiro atoms. The highest BCUT2D eigenvalue weighted by atomic mass is 19.4. The van der Waals surface area contributed by atoms with E-state index in [1.165, 1.54) is 17.1 Å². The van der Waals surface area contributed by atoms with Gasteiger partial charge in [0, 0.05) is 6.54 Å². The maximum Gasteiger partial charge on any atom is 0.401 e. The first-order valence-corrected chi connectivity index (χ1v) is 5.80. The standard InChI is InChI=1S/C11H13F3N2O3/c1-7-5-15(6-11(12,13)14)9-3-2-8(16(17)18)4-10(9)19-7/h2,4,7,9H,3,5-6H2,1H3. The molecule has 0 radical (unpaired) electrons. The Kier molecular flexibility index (Phi) is 3.53. The highest BCUT2D eigenvalue weighted by molar-refractivity contribution is 5.25. The normalized spacial score (nSPS) is 28.0. The average molecular weight is 278 g/mol. The van der Waals surface area contributed by atoms with Crippen LogP contribution in [0.15, 0.2) is 23.6 Å². The van der Waals surface area contributed by atoms with E-state index < -0.39 is 29.8 Å². The Labute approximate surface area is 107 Å². The van der Waals surface area contributed by atoms with Crippen LogP contribution in [-0.2, 0) is 4.74 Å². The molecule has 19 heavy (non-hydrogen) atoms. The van der Waals surface area contributed by atoms with E-state index in [-0.39, 0.29) is 24.4 Å². The van der Waals surface area contributed by atoms with E-state index in [0.717, 1.165) is 0 Å². The third-order valence-corrected chi connectivity index (χ3v) is 3.03. The Morgan fingerprint density at radius 1 is 1.58 bits per heavy atom. The van der Waals surface area contributed by atoms with Crippen molar-refractivity contribution in [3.8, 4) is 0 Å². The van der Waals surface area contributed by atoms with E-state index in [1.807, 2.05) is 0 Å². The summed E-state index contributed by atoms with van der Waals surface area (Å²) in [5, 5.41) is 10.7. The van der Waals surface area contributed by atoms with Crippen LogP contribution in [0.5, 0.6) is 0 Å². The lowest BCUT2D eigenvalue weighted by Gasteiger charge is -2.41. The fourth-order valence-corrected chi connectivity index (χ4v) is 2.35. The van der Waals surface area contributed by atoms with Crippen molar-refractivity contribution in [3.63, 3.8) is 0 Å². The summed E-state index contributed by atoms with van der Waals surface area (Å²) in [6, 6.07) is -0.568. The van der Waals surface area contributed by atoms with Crippen LogP contribution in [0.25, 0.3) is 0 Å². The molecule has 106 valence electrons. The molecule has 5 nitrogen and oxygen atoms in total. The third kappa shape index (κ3) is 3.25. The number of nitro groups is 1. The fraction of sp³-hybridized carbons (Fsp3) is 0.636. The first-order chi connectivity index (χ1) is 8.76. The van der Waals surface area contributed by atoms with Gasteiger partial charge in [-0.25, -0.2) is 0 Å². The molecule has 1 heterocycles. The Hall–Kier alpha value is -1.57. The molecule has 0 bridgehead atoms. The maximum atomic E-state index is 12.5. The van der Waals surface area contributed by atoms with Crippen molar-refractivity contribution in [2.24, 2.45) is 0 Å². The van der Waals surface area contributed by atoms with Crippen molar-refractivity contribution >= 4 is 0 Å². The van der Waals surface area contributed by atoms with Gasteiger partial charge in [-0.15, -0.1) is 0 Å². The summed E-state index contributed by atoms with van der Waals surface area (Å²) in [6.45, 7) is 0.762. The summed E-state index contributed by atoms with van der Waals surface area (Å²) in [7, 11) is 0. The molecule has 1 aliphatic carbocycles. The zero-order chi connectivity index (χ0) is 14.2. The summed E-state index contributed by atoms with van der Waals surface area (Å²) in [6.07, 6.45) is -2.01. The second-order valence-electron chi connectivity index (χ2n) is 4.66. The lowest BCUT2D eigenvalue weighted by molar-refractivity contribution is -0.420. The molecular weight excluding hydrogens is 265 g/mol. The number of rotatable bonds is 2. The van der Waals surface area contributed by atoms with Crippen LogP contribution in [0.2, 0.25) is 0 Å². The summed E-state index contributed by atoms with van der Waals surface area (Å²) < 4.78 is 42.9. The van der Waals surface area contributed by atoms with Gasteiger partial charge in [0.25, 0.3) is 5.70 Å². The molecule has 1 fully saturated rings. The van der Waals surface area contributed by atoms with Gasteiger partial charge in [-0.2, -0.15) is 13.2 Å². The zero-order valence-electron chi connectivity index (χ0n) is 10.2. The number of halogens is 3. The Bertz CT molecular complexity index is 445. The van der Waals surface area contributed by atoms with E-state index >= 15 is 0 Å². The molecule has 0 saturated carbocycles. The summed E-state index contributed by atoms with van der Waals surface area (Å²) in [4.78, 5) is 11.4. The zero-order valence-corrected chi connectivity index (χ0v) is 10.2. The van der Waals surface area contributed by atoms with Crippen molar-refractivity contribution in [2.45, 2.75) is 31.7 Å². The van der Waals surface area contributed by atoms with Gasteiger partial charge in [0.2, 0.25) is 0 Å². The molecule has 2 unspecified atom stereocenters. The number of nitrogens with zero attached hydrogens (tertiary/aromatic N) is 2. The number of hydrogen-bond donors (Lipinski definition) is 0. The highest BCUT2D eigenvalue weighted by Crippen LogP contribution is 2.31. The average Bonchev–Trinajstić information content (AvgIpc) is 2.25. The number of allylic oxidation sites excluding steroid dienone is 1. The van der Waals surface area contributed by atoms with Gasteiger partial charge in [0.05, 0.1) is 23.6 Å². The molecule has 0 amide bonds. The van der Waals surface area contributed by atoms with Gasteiger partial charge >= 0.3 is 6.18 Å². The molecule has 0 aromatic heterocycles. The van der Waals surface area contributed by atoms with E-state index in [2.05, 4.69) is 0 Å². The molecule has 8 heteroatoms. The predicted molar refractivity (Wildman–Crippen MR) is 59.7 cm³/mol. The summed E-state index contributed by atoms with van der Waals surface area (Å²) in [5.41, 5.74) is -0.132. The number of hydrogen-bond acceptors (Lipinski definition) is 4. The van der Waals surface area contributed by atoms with Crippen LogP contribution in [0.1, 0.15) is 13.3 Å². The molecule has 0 aromatic carbocycles. The predicted octanol–water partition coefficient (Wildman–Crippen LogP) is 2.09. The molecule has 0 N–H and O–H groups in total. The fourth-order valence-electron chi connectivity index (χ4n) is 2.35. The Morgan fingerprint density at radius 2 is 2.26 bits per heavy atom.